The highest BCUT2D eigenvalue weighted by Gasteiger charge is 2.23. The molecule has 1 aromatic rings. The van der Waals surface area contributed by atoms with E-state index in [0.29, 0.717) is 0 Å². The summed E-state index contributed by atoms with van der Waals surface area (Å²) in [6.45, 7) is 11.3. The van der Waals surface area contributed by atoms with E-state index in [4.69, 9.17) is 11.6 Å². The summed E-state index contributed by atoms with van der Waals surface area (Å²) in [6, 6.07) is 7.86. The molecule has 1 heterocycles. The van der Waals surface area contributed by atoms with Crippen molar-refractivity contribution in [2.75, 3.05) is 26.2 Å². The number of benzene rings is 1. The molecule has 1 aliphatic rings. The Morgan fingerprint density at radius 3 is 2.24 bits per heavy atom. The molecule has 0 atom stereocenters. The number of halogens is 1. The molecular formula is C16H25ClN2OS. The van der Waals surface area contributed by atoms with Crippen molar-refractivity contribution in [1.29, 1.82) is 0 Å². The molecule has 0 unspecified atom stereocenters. The SMILES string of the molecule is CC.CC(C)C(=O)N1CCN(Sc2ccccc2Cl)CC1. The average Bonchev–Trinajstić information content (AvgIpc) is 2.51. The van der Waals surface area contributed by atoms with Crippen molar-refractivity contribution in [3.05, 3.63) is 29.3 Å². The third kappa shape index (κ3) is 5.53. The second-order valence-corrected chi connectivity index (χ2v) is 6.48. The van der Waals surface area contributed by atoms with E-state index in [2.05, 4.69) is 4.31 Å². The molecule has 0 bridgehead atoms. The number of amides is 1. The van der Waals surface area contributed by atoms with Gasteiger partial charge in [0.25, 0.3) is 0 Å². The van der Waals surface area contributed by atoms with Crippen LogP contribution in [0.15, 0.2) is 29.2 Å². The van der Waals surface area contributed by atoms with E-state index in [9.17, 15) is 4.79 Å². The van der Waals surface area contributed by atoms with Crippen LogP contribution in [0, 0.1) is 5.92 Å². The predicted octanol–water partition coefficient (Wildman–Crippen LogP) is 4.17. The van der Waals surface area contributed by atoms with E-state index in [-0.39, 0.29) is 11.8 Å². The third-order valence-corrected chi connectivity index (χ3v) is 4.73. The zero-order chi connectivity index (χ0) is 15.8. The normalized spacial score (nSPS) is 15.6. The molecule has 1 fully saturated rings. The summed E-state index contributed by atoms with van der Waals surface area (Å²) in [7, 11) is 0. The third-order valence-electron chi connectivity index (χ3n) is 3.11. The van der Waals surface area contributed by atoms with Gasteiger partial charge in [0.1, 0.15) is 0 Å². The minimum atomic E-state index is 0.0859. The summed E-state index contributed by atoms with van der Waals surface area (Å²) < 4.78 is 2.27. The molecule has 118 valence electrons. The Labute approximate surface area is 137 Å². The van der Waals surface area contributed by atoms with Gasteiger partial charge < -0.3 is 4.90 Å². The Kier molecular flexibility index (Phi) is 8.15. The molecular weight excluding hydrogens is 304 g/mol. The van der Waals surface area contributed by atoms with Gasteiger partial charge in [0.05, 0.1) is 5.02 Å². The molecule has 0 N–H and O–H groups in total. The summed E-state index contributed by atoms with van der Waals surface area (Å²) in [5, 5.41) is 0.785. The van der Waals surface area contributed by atoms with Gasteiger partial charge in [0.15, 0.2) is 0 Å². The fraction of sp³-hybridized carbons (Fsp3) is 0.562. The van der Waals surface area contributed by atoms with Crippen LogP contribution in [0.4, 0.5) is 0 Å². The van der Waals surface area contributed by atoms with Gasteiger partial charge in [-0.1, -0.05) is 51.4 Å². The number of hydrogen-bond acceptors (Lipinski definition) is 3. The van der Waals surface area contributed by atoms with Gasteiger partial charge in [-0.15, -0.1) is 0 Å². The smallest absolute Gasteiger partial charge is 0.225 e. The van der Waals surface area contributed by atoms with E-state index < -0.39 is 0 Å². The lowest BCUT2D eigenvalue weighted by Crippen LogP contribution is -2.47. The summed E-state index contributed by atoms with van der Waals surface area (Å²) in [5.41, 5.74) is 0. The fourth-order valence-electron chi connectivity index (χ4n) is 2.02. The highest BCUT2D eigenvalue weighted by atomic mass is 35.5. The van der Waals surface area contributed by atoms with Gasteiger partial charge in [0.2, 0.25) is 5.91 Å². The number of nitrogens with zero attached hydrogens (tertiary/aromatic N) is 2. The van der Waals surface area contributed by atoms with Crippen LogP contribution in [0.5, 0.6) is 0 Å². The lowest BCUT2D eigenvalue weighted by Gasteiger charge is -2.34. The summed E-state index contributed by atoms with van der Waals surface area (Å²) in [4.78, 5) is 14.9. The van der Waals surface area contributed by atoms with E-state index in [1.54, 1.807) is 11.9 Å². The largest absolute Gasteiger partial charge is 0.340 e. The Morgan fingerprint density at radius 2 is 1.71 bits per heavy atom. The van der Waals surface area contributed by atoms with Crippen molar-refractivity contribution in [3.63, 3.8) is 0 Å². The first kappa shape index (κ1) is 18.3. The van der Waals surface area contributed by atoms with Gasteiger partial charge in [-0.05, 0) is 24.1 Å². The zero-order valence-corrected chi connectivity index (χ0v) is 14.9. The van der Waals surface area contributed by atoms with Crippen LogP contribution >= 0.6 is 23.5 Å². The molecule has 21 heavy (non-hydrogen) atoms. The molecule has 2 rings (SSSR count). The molecule has 0 aliphatic carbocycles. The molecule has 0 saturated carbocycles. The van der Waals surface area contributed by atoms with Crippen LogP contribution in [0.1, 0.15) is 27.7 Å². The number of carbonyl (C=O) groups is 1. The van der Waals surface area contributed by atoms with Crippen LogP contribution in [-0.4, -0.2) is 41.3 Å². The van der Waals surface area contributed by atoms with Crippen LogP contribution < -0.4 is 0 Å². The standard InChI is InChI=1S/C14H19ClN2OS.C2H6/c1-11(2)14(18)16-7-9-17(10-8-16)19-13-6-4-3-5-12(13)15;1-2/h3-6,11H,7-10H2,1-2H3;1-2H3. The van der Waals surface area contributed by atoms with E-state index >= 15 is 0 Å². The van der Waals surface area contributed by atoms with Crippen molar-refractivity contribution < 1.29 is 4.79 Å². The predicted molar refractivity (Wildman–Crippen MR) is 91.6 cm³/mol. The van der Waals surface area contributed by atoms with E-state index in [0.717, 1.165) is 36.1 Å². The molecule has 0 aromatic heterocycles. The second kappa shape index (κ2) is 9.34. The lowest BCUT2D eigenvalue weighted by molar-refractivity contribution is -0.135. The van der Waals surface area contributed by atoms with Crippen molar-refractivity contribution in [3.8, 4) is 0 Å². The second-order valence-electron chi connectivity index (χ2n) is 4.93. The van der Waals surface area contributed by atoms with Crippen molar-refractivity contribution in [1.82, 2.24) is 9.21 Å². The summed E-state index contributed by atoms with van der Waals surface area (Å²) in [5.74, 6) is 0.338. The maximum absolute atomic E-state index is 11.9. The first-order chi connectivity index (χ1) is 10.1. The van der Waals surface area contributed by atoms with Crippen molar-refractivity contribution >= 4 is 29.5 Å². The maximum atomic E-state index is 11.9. The van der Waals surface area contributed by atoms with Crippen LogP contribution in [0.25, 0.3) is 0 Å². The summed E-state index contributed by atoms with van der Waals surface area (Å²) in [6.07, 6.45) is 0. The molecule has 0 radical (unpaired) electrons. The van der Waals surface area contributed by atoms with Gasteiger partial charge >= 0.3 is 0 Å². The maximum Gasteiger partial charge on any atom is 0.225 e. The van der Waals surface area contributed by atoms with E-state index in [1.807, 2.05) is 56.9 Å². The Hall–Kier alpha value is -0.710. The highest BCUT2D eigenvalue weighted by molar-refractivity contribution is 7.97. The Morgan fingerprint density at radius 1 is 1.14 bits per heavy atom. The minimum absolute atomic E-state index is 0.0859. The first-order valence-corrected chi connectivity index (χ1v) is 8.69. The number of rotatable bonds is 3. The molecule has 1 amide bonds. The fourth-order valence-corrected chi connectivity index (χ4v) is 3.18. The van der Waals surface area contributed by atoms with Gasteiger partial charge in [0, 0.05) is 37.0 Å². The average molecular weight is 329 g/mol. The van der Waals surface area contributed by atoms with Gasteiger partial charge in [-0.3, -0.25) is 4.79 Å². The molecule has 1 aliphatic heterocycles. The Balaban J connectivity index is 0.00000106. The van der Waals surface area contributed by atoms with Crippen molar-refractivity contribution in [2.24, 2.45) is 5.92 Å². The zero-order valence-electron chi connectivity index (χ0n) is 13.3. The monoisotopic (exact) mass is 328 g/mol. The van der Waals surface area contributed by atoms with Crippen molar-refractivity contribution in [2.45, 2.75) is 32.6 Å². The highest BCUT2D eigenvalue weighted by Crippen LogP contribution is 2.30. The minimum Gasteiger partial charge on any atom is -0.340 e. The number of carbonyl (C=O) groups excluding carboxylic acids is 1. The molecule has 1 aromatic carbocycles. The molecule has 5 heteroatoms. The van der Waals surface area contributed by atoms with Gasteiger partial charge in [-0.2, -0.15) is 0 Å². The topological polar surface area (TPSA) is 23.6 Å². The first-order valence-electron chi connectivity index (χ1n) is 7.54. The molecule has 0 spiro atoms. The quantitative estimate of drug-likeness (QED) is 0.778. The van der Waals surface area contributed by atoms with Crippen LogP contribution in [0.2, 0.25) is 5.02 Å². The molecule has 3 nitrogen and oxygen atoms in total. The summed E-state index contributed by atoms with van der Waals surface area (Å²) >= 11 is 7.83. The number of hydrogen-bond donors (Lipinski definition) is 0. The van der Waals surface area contributed by atoms with E-state index in [1.165, 1.54) is 0 Å². The molecule has 1 saturated heterocycles. The van der Waals surface area contributed by atoms with Gasteiger partial charge in [-0.25, -0.2) is 4.31 Å². The van der Waals surface area contributed by atoms with Crippen LogP contribution in [0.3, 0.4) is 0 Å². The number of piperazine rings is 1. The Bertz CT molecular complexity index is 446. The van der Waals surface area contributed by atoms with Crippen LogP contribution in [-0.2, 0) is 4.79 Å². The lowest BCUT2D eigenvalue weighted by atomic mass is 10.2.